The summed E-state index contributed by atoms with van der Waals surface area (Å²) >= 11 is 1.79. The van der Waals surface area contributed by atoms with Crippen LogP contribution in [0.3, 0.4) is 0 Å². The molecule has 0 bridgehead atoms. The first-order valence-electron chi connectivity index (χ1n) is 6.76. The molecule has 2 aromatic rings. The first-order valence-corrected chi connectivity index (χ1v) is 9.23. The summed E-state index contributed by atoms with van der Waals surface area (Å²) in [5, 5.41) is 0. The van der Waals surface area contributed by atoms with Gasteiger partial charge in [-0.3, -0.25) is 9.71 Å². The lowest BCUT2D eigenvalue weighted by molar-refractivity contribution is 0.601. The van der Waals surface area contributed by atoms with Crippen molar-refractivity contribution in [3.63, 3.8) is 0 Å². The van der Waals surface area contributed by atoms with E-state index in [9.17, 15) is 8.42 Å². The summed E-state index contributed by atoms with van der Waals surface area (Å²) < 4.78 is 27.5. The van der Waals surface area contributed by atoms with E-state index >= 15 is 0 Å². The Morgan fingerprint density at radius 1 is 1.24 bits per heavy atom. The van der Waals surface area contributed by atoms with Gasteiger partial charge in [0, 0.05) is 16.8 Å². The molecule has 1 aromatic heterocycles. The zero-order valence-corrected chi connectivity index (χ0v) is 13.3. The Morgan fingerprint density at radius 3 is 2.90 bits per heavy atom. The number of nitrogens with zero attached hydrogens (tertiary/aromatic N) is 1. The topological polar surface area (TPSA) is 59.1 Å². The molecule has 0 saturated carbocycles. The van der Waals surface area contributed by atoms with Crippen molar-refractivity contribution in [2.24, 2.45) is 0 Å². The summed E-state index contributed by atoms with van der Waals surface area (Å²) in [7, 11) is -3.55. The molecule has 1 aliphatic rings. The lowest BCUT2D eigenvalue weighted by Crippen LogP contribution is -2.14. The maximum absolute atomic E-state index is 12.5. The van der Waals surface area contributed by atoms with E-state index in [-0.39, 0.29) is 0 Å². The highest BCUT2D eigenvalue weighted by molar-refractivity contribution is 7.99. The van der Waals surface area contributed by atoms with Crippen LogP contribution in [0.5, 0.6) is 0 Å². The molecule has 6 heteroatoms. The average Bonchev–Trinajstić information content (AvgIpc) is 2.46. The van der Waals surface area contributed by atoms with Crippen molar-refractivity contribution in [2.75, 3.05) is 10.5 Å². The van der Waals surface area contributed by atoms with Crippen molar-refractivity contribution in [1.29, 1.82) is 0 Å². The largest absolute Gasteiger partial charge is 0.280 e. The van der Waals surface area contributed by atoms with Gasteiger partial charge in [0.2, 0.25) is 0 Å². The molecule has 3 rings (SSSR count). The fraction of sp³-hybridized carbons (Fsp3) is 0.267. The number of aryl methyl sites for hydroxylation is 2. The molecule has 1 aliphatic heterocycles. The van der Waals surface area contributed by atoms with Crippen LogP contribution in [-0.4, -0.2) is 19.2 Å². The van der Waals surface area contributed by atoms with Gasteiger partial charge in [-0.1, -0.05) is 0 Å². The normalized spacial score (nSPS) is 14.5. The molecule has 2 heterocycles. The van der Waals surface area contributed by atoms with Gasteiger partial charge in [-0.2, -0.15) is 0 Å². The average molecular weight is 320 g/mol. The molecule has 4 nitrogen and oxygen atoms in total. The third kappa shape index (κ3) is 3.22. The van der Waals surface area contributed by atoms with Gasteiger partial charge in [-0.25, -0.2) is 8.42 Å². The first kappa shape index (κ1) is 14.4. The molecular weight excluding hydrogens is 304 g/mol. The van der Waals surface area contributed by atoms with Gasteiger partial charge in [0.25, 0.3) is 10.0 Å². The molecule has 0 amide bonds. The van der Waals surface area contributed by atoms with E-state index in [0.29, 0.717) is 10.6 Å². The maximum atomic E-state index is 12.5. The Morgan fingerprint density at radius 2 is 2.10 bits per heavy atom. The van der Waals surface area contributed by atoms with E-state index in [2.05, 4.69) is 9.71 Å². The van der Waals surface area contributed by atoms with Gasteiger partial charge >= 0.3 is 0 Å². The minimum Gasteiger partial charge on any atom is -0.280 e. The molecule has 0 spiro atoms. The van der Waals surface area contributed by atoms with Crippen LogP contribution in [0, 0.1) is 6.92 Å². The van der Waals surface area contributed by atoms with Gasteiger partial charge in [0.15, 0.2) is 0 Å². The highest BCUT2D eigenvalue weighted by atomic mass is 32.2. The van der Waals surface area contributed by atoms with Gasteiger partial charge in [-0.15, -0.1) is 11.8 Å². The highest BCUT2D eigenvalue weighted by Crippen LogP contribution is 2.31. The van der Waals surface area contributed by atoms with Crippen molar-refractivity contribution >= 4 is 27.5 Å². The lowest BCUT2D eigenvalue weighted by atomic mass is 10.1. The first-order chi connectivity index (χ1) is 10.0. The summed E-state index contributed by atoms with van der Waals surface area (Å²) in [5.74, 6) is 1.10. The summed E-state index contributed by atoms with van der Waals surface area (Å²) in [6, 6.07) is 8.74. The smallest absolute Gasteiger partial charge is 0.261 e. The predicted molar refractivity (Wildman–Crippen MR) is 85.3 cm³/mol. The van der Waals surface area contributed by atoms with Crippen LogP contribution < -0.4 is 4.72 Å². The third-order valence-corrected chi connectivity index (χ3v) is 5.92. The van der Waals surface area contributed by atoms with Crippen molar-refractivity contribution < 1.29 is 8.42 Å². The number of fused-ring (bicyclic) bond motifs is 1. The number of benzene rings is 1. The lowest BCUT2D eigenvalue weighted by Gasteiger charge is -2.16. The number of rotatable bonds is 3. The number of hydrogen-bond acceptors (Lipinski definition) is 4. The van der Waals surface area contributed by atoms with E-state index < -0.39 is 10.0 Å². The van der Waals surface area contributed by atoms with E-state index in [1.54, 1.807) is 42.2 Å². The molecule has 0 fully saturated rings. The van der Waals surface area contributed by atoms with Gasteiger partial charge in [0.1, 0.15) is 0 Å². The number of anilines is 1. The minimum atomic E-state index is -3.55. The highest BCUT2D eigenvalue weighted by Gasteiger charge is 2.18. The molecule has 0 atom stereocenters. The van der Waals surface area contributed by atoms with E-state index in [4.69, 9.17) is 0 Å². The number of thioether (sulfide) groups is 1. The quantitative estimate of drug-likeness (QED) is 0.943. The van der Waals surface area contributed by atoms with Crippen LogP contribution in [0.15, 0.2) is 46.3 Å². The van der Waals surface area contributed by atoms with Crippen molar-refractivity contribution in [3.05, 3.63) is 47.8 Å². The van der Waals surface area contributed by atoms with Crippen LogP contribution in [-0.2, 0) is 16.4 Å². The second-order valence-corrected chi connectivity index (χ2v) is 7.83. The number of nitrogens with one attached hydrogen (secondary N) is 1. The zero-order valence-electron chi connectivity index (χ0n) is 11.7. The Labute approximate surface area is 129 Å². The second kappa shape index (κ2) is 5.69. The Kier molecular flexibility index (Phi) is 3.91. The van der Waals surface area contributed by atoms with Gasteiger partial charge in [-0.05, 0) is 61.4 Å². The summed E-state index contributed by atoms with van der Waals surface area (Å²) in [5.41, 5.74) is 2.44. The Bertz CT molecular complexity index is 773. The van der Waals surface area contributed by atoms with Crippen LogP contribution in [0.4, 0.5) is 5.69 Å². The number of aromatic nitrogens is 1. The van der Waals surface area contributed by atoms with Crippen LogP contribution in [0.1, 0.15) is 17.7 Å². The predicted octanol–water partition coefficient (Wildman–Crippen LogP) is 3.23. The molecule has 0 radical (unpaired) electrons. The molecule has 0 unspecified atom stereocenters. The number of pyridine rings is 1. The molecule has 21 heavy (non-hydrogen) atoms. The van der Waals surface area contributed by atoms with Crippen LogP contribution in [0.25, 0.3) is 0 Å². The van der Waals surface area contributed by atoms with Crippen molar-refractivity contribution in [1.82, 2.24) is 4.98 Å². The van der Waals surface area contributed by atoms with Gasteiger partial charge in [0.05, 0.1) is 10.6 Å². The summed E-state index contributed by atoms with van der Waals surface area (Å²) in [6.45, 7) is 1.83. The van der Waals surface area contributed by atoms with Crippen LogP contribution in [0.2, 0.25) is 0 Å². The van der Waals surface area contributed by atoms with Crippen LogP contribution >= 0.6 is 11.8 Å². The van der Waals surface area contributed by atoms with E-state index in [1.165, 1.54) is 4.90 Å². The molecule has 1 N–H and O–H groups in total. The van der Waals surface area contributed by atoms with E-state index in [1.807, 2.05) is 13.0 Å². The van der Waals surface area contributed by atoms with E-state index in [0.717, 1.165) is 29.9 Å². The molecular formula is C15H16N2O2S2. The van der Waals surface area contributed by atoms with Crippen molar-refractivity contribution in [3.8, 4) is 0 Å². The molecule has 1 aromatic carbocycles. The molecule has 0 aliphatic carbocycles. The fourth-order valence-electron chi connectivity index (χ4n) is 2.33. The van der Waals surface area contributed by atoms with Crippen molar-refractivity contribution in [2.45, 2.75) is 29.6 Å². The SMILES string of the molecule is Cc1cc(NS(=O)(=O)c2ccc3c(c2)CCCS3)ccn1. The standard InChI is InChI=1S/C15H16N2O2S2/c1-11-9-13(6-7-16-11)17-21(18,19)14-4-5-15-12(10-14)3-2-8-20-15/h4-7,9-10H,2-3,8H2,1H3,(H,16,17). The third-order valence-electron chi connectivity index (χ3n) is 3.34. The fourth-order valence-corrected chi connectivity index (χ4v) is 4.45. The number of sulfonamides is 1. The Hall–Kier alpha value is -1.53. The second-order valence-electron chi connectivity index (χ2n) is 5.01. The Balaban J connectivity index is 1.91. The molecule has 0 saturated heterocycles. The zero-order chi connectivity index (χ0) is 14.9. The maximum Gasteiger partial charge on any atom is 0.261 e. The van der Waals surface area contributed by atoms with Gasteiger partial charge < -0.3 is 0 Å². The summed E-state index contributed by atoms with van der Waals surface area (Å²) in [6.07, 6.45) is 3.63. The minimum absolute atomic E-state index is 0.318. The number of hydrogen-bond donors (Lipinski definition) is 1. The molecule has 110 valence electrons. The summed E-state index contributed by atoms with van der Waals surface area (Å²) in [4.78, 5) is 5.57. The monoisotopic (exact) mass is 320 g/mol.